The predicted octanol–water partition coefficient (Wildman–Crippen LogP) is 3.41. The molecule has 0 radical (unpaired) electrons. The lowest BCUT2D eigenvalue weighted by molar-refractivity contribution is -0.157. The summed E-state index contributed by atoms with van der Waals surface area (Å²) in [5.41, 5.74) is 2.13. The summed E-state index contributed by atoms with van der Waals surface area (Å²) >= 11 is 0. The SMILES string of the molecule is CCOC1O[C@H](C=Cc2ccccc2)[C@H](OCc2ccccc2)[C@H]1O. The van der Waals surface area contributed by atoms with Crippen molar-refractivity contribution in [1.82, 2.24) is 0 Å². The minimum absolute atomic E-state index is 0.365. The van der Waals surface area contributed by atoms with Crippen LogP contribution < -0.4 is 0 Å². The Bertz CT molecular complexity index is 656. The van der Waals surface area contributed by atoms with Gasteiger partial charge in [0, 0.05) is 6.61 Å². The molecule has 2 aromatic rings. The molecule has 0 aromatic heterocycles. The highest BCUT2D eigenvalue weighted by Gasteiger charge is 2.43. The molecule has 0 amide bonds. The van der Waals surface area contributed by atoms with Gasteiger partial charge in [0.05, 0.1) is 6.61 Å². The van der Waals surface area contributed by atoms with Crippen LogP contribution in [0.25, 0.3) is 6.08 Å². The van der Waals surface area contributed by atoms with Crippen molar-refractivity contribution in [3.63, 3.8) is 0 Å². The summed E-state index contributed by atoms with van der Waals surface area (Å²) in [6.07, 6.45) is 1.56. The third-order valence-corrected chi connectivity index (χ3v) is 4.12. The van der Waals surface area contributed by atoms with Gasteiger partial charge in [-0.1, -0.05) is 72.8 Å². The molecular weight excluding hydrogens is 316 g/mol. The maximum atomic E-state index is 10.5. The van der Waals surface area contributed by atoms with Crippen molar-refractivity contribution >= 4 is 6.08 Å². The maximum Gasteiger partial charge on any atom is 0.186 e. The smallest absolute Gasteiger partial charge is 0.186 e. The van der Waals surface area contributed by atoms with Crippen LogP contribution in [0.1, 0.15) is 18.1 Å². The van der Waals surface area contributed by atoms with Crippen molar-refractivity contribution in [1.29, 1.82) is 0 Å². The molecule has 4 nitrogen and oxygen atoms in total. The zero-order valence-electron chi connectivity index (χ0n) is 14.3. The van der Waals surface area contributed by atoms with Gasteiger partial charge in [0.15, 0.2) is 6.29 Å². The highest BCUT2D eigenvalue weighted by molar-refractivity contribution is 5.49. The Labute approximate surface area is 148 Å². The zero-order valence-corrected chi connectivity index (χ0v) is 14.3. The van der Waals surface area contributed by atoms with E-state index in [1.807, 2.05) is 79.7 Å². The molecule has 1 N–H and O–H groups in total. The van der Waals surface area contributed by atoms with E-state index < -0.39 is 18.5 Å². The fourth-order valence-corrected chi connectivity index (χ4v) is 2.85. The lowest BCUT2D eigenvalue weighted by Gasteiger charge is -2.19. The summed E-state index contributed by atoms with van der Waals surface area (Å²) in [5, 5.41) is 10.5. The highest BCUT2D eigenvalue weighted by Crippen LogP contribution is 2.27. The number of aliphatic hydroxyl groups is 1. The third-order valence-electron chi connectivity index (χ3n) is 4.12. The van der Waals surface area contributed by atoms with Crippen LogP contribution in [-0.4, -0.2) is 36.3 Å². The van der Waals surface area contributed by atoms with Crippen molar-refractivity contribution in [3.05, 3.63) is 77.9 Å². The topological polar surface area (TPSA) is 47.9 Å². The first-order valence-electron chi connectivity index (χ1n) is 8.62. The van der Waals surface area contributed by atoms with Crippen LogP contribution in [0.3, 0.4) is 0 Å². The van der Waals surface area contributed by atoms with E-state index in [0.29, 0.717) is 13.2 Å². The van der Waals surface area contributed by atoms with Crippen LogP contribution in [-0.2, 0) is 20.8 Å². The molecule has 0 saturated carbocycles. The van der Waals surface area contributed by atoms with Crippen molar-refractivity contribution in [2.45, 2.75) is 38.1 Å². The predicted molar refractivity (Wildman–Crippen MR) is 96.8 cm³/mol. The second kappa shape index (κ2) is 8.92. The van der Waals surface area contributed by atoms with Gasteiger partial charge >= 0.3 is 0 Å². The monoisotopic (exact) mass is 340 g/mol. The fourth-order valence-electron chi connectivity index (χ4n) is 2.85. The van der Waals surface area contributed by atoms with Crippen LogP contribution in [0.15, 0.2) is 66.7 Å². The molecular formula is C21H24O4. The molecule has 1 aliphatic rings. The molecule has 1 aliphatic heterocycles. The molecule has 4 atom stereocenters. The number of ether oxygens (including phenoxy) is 3. The minimum Gasteiger partial charge on any atom is -0.385 e. The molecule has 1 saturated heterocycles. The Hall–Kier alpha value is -1.98. The summed E-state index contributed by atoms with van der Waals surface area (Å²) in [5.74, 6) is 0. The van der Waals surface area contributed by atoms with E-state index in [1.54, 1.807) is 0 Å². The Balaban J connectivity index is 1.70. The Morgan fingerprint density at radius 2 is 1.68 bits per heavy atom. The normalized spacial score (nSPS) is 26.3. The van der Waals surface area contributed by atoms with Crippen LogP contribution in [0, 0.1) is 0 Å². The Kier molecular flexibility index (Phi) is 6.36. The number of hydrogen-bond donors (Lipinski definition) is 1. The second-order valence-corrected chi connectivity index (χ2v) is 5.95. The van der Waals surface area contributed by atoms with E-state index in [1.165, 1.54) is 0 Å². The summed E-state index contributed by atoms with van der Waals surface area (Å²) in [7, 11) is 0. The molecule has 25 heavy (non-hydrogen) atoms. The molecule has 0 aliphatic carbocycles. The standard InChI is InChI=1S/C21H24O4/c1-2-23-21-19(22)20(24-15-17-11-7-4-8-12-17)18(25-21)14-13-16-9-5-3-6-10-16/h3-14,18-22H,2,15H2,1H3/t18-,19-,20+,21?/m1/s1. The molecule has 0 spiro atoms. The minimum atomic E-state index is -0.825. The van der Waals surface area contributed by atoms with Crippen molar-refractivity contribution < 1.29 is 19.3 Å². The van der Waals surface area contributed by atoms with Gasteiger partial charge in [0.25, 0.3) is 0 Å². The molecule has 132 valence electrons. The first-order valence-corrected chi connectivity index (χ1v) is 8.62. The van der Waals surface area contributed by atoms with Crippen molar-refractivity contribution in [2.24, 2.45) is 0 Å². The van der Waals surface area contributed by atoms with E-state index in [4.69, 9.17) is 14.2 Å². The summed E-state index contributed by atoms with van der Waals surface area (Å²) < 4.78 is 17.3. The van der Waals surface area contributed by atoms with Gasteiger partial charge in [-0.25, -0.2) is 0 Å². The lowest BCUT2D eigenvalue weighted by atomic mass is 10.1. The molecule has 1 unspecified atom stereocenters. The molecule has 2 aromatic carbocycles. The molecule has 3 rings (SSSR count). The van der Waals surface area contributed by atoms with Crippen LogP contribution >= 0.6 is 0 Å². The number of benzene rings is 2. The van der Waals surface area contributed by atoms with Crippen LogP contribution in [0.4, 0.5) is 0 Å². The van der Waals surface area contributed by atoms with E-state index in [0.717, 1.165) is 11.1 Å². The lowest BCUT2D eigenvalue weighted by Crippen LogP contribution is -2.35. The van der Waals surface area contributed by atoms with Crippen LogP contribution in [0.5, 0.6) is 0 Å². The highest BCUT2D eigenvalue weighted by atomic mass is 16.7. The van der Waals surface area contributed by atoms with Gasteiger partial charge in [0.1, 0.15) is 18.3 Å². The third kappa shape index (κ3) is 4.77. The van der Waals surface area contributed by atoms with Gasteiger partial charge in [-0.2, -0.15) is 0 Å². The van der Waals surface area contributed by atoms with Crippen LogP contribution in [0.2, 0.25) is 0 Å². The summed E-state index contributed by atoms with van der Waals surface area (Å²) in [6.45, 7) is 2.77. The second-order valence-electron chi connectivity index (χ2n) is 5.95. The average Bonchev–Trinajstić information content (AvgIpc) is 2.95. The zero-order chi connectivity index (χ0) is 17.5. The number of aliphatic hydroxyl groups excluding tert-OH is 1. The summed E-state index contributed by atoms with van der Waals surface area (Å²) in [4.78, 5) is 0. The molecule has 1 fully saturated rings. The Morgan fingerprint density at radius 1 is 1.00 bits per heavy atom. The van der Waals surface area contributed by atoms with Crippen molar-refractivity contribution in [2.75, 3.05) is 6.61 Å². The number of hydrogen-bond acceptors (Lipinski definition) is 4. The molecule has 1 heterocycles. The summed E-state index contributed by atoms with van der Waals surface area (Å²) in [6, 6.07) is 19.9. The van der Waals surface area contributed by atoms with Gasteiger partial charge in [-0.3, -0.25) is 0 Å². The van der Waals surface area contributed by atoms with E-state index in [9.17, 15) is 5.11 Å². The first-order chi connectivity index (χ1) is 12.3. The van der Waals surface area contributed by atoms with E-state index in [-0.39, 0.29) is 6.10 Å². The Morgan fingerprint density at radius 3 is 2.36 bits per heavy atom. The van der Waals surface area contributed by atoms with Gasteiger partial charge in [-0.15, -0.1) is 0 Å². The van der Waals surface area contributed by atoms with Crippen molar-refractivity contribution in [3.8, 4) is 0 Å². The average molecular weight is 340 g/mol. The van der Waals surface area contributed by atoms with Gasteiger partial charge in [0.2, 0.25) is 0 Å². The number of rotatable bonds is 7. The largest absolute Gasteiger partial charge is 0.385 e. The van der Waals surface area contributed by atoms with Gasteiger partial charge in [-0.05, 0) is 18.1 Å². The quantitative estimate of drug-likeness (QED) is 0.839. The van der Waals surface area contributed by atoms with Gasteiger partial charge < -0.3 is 19.3 Å². The van der Waals surface area contributed by atoms with E-state index in [2.05, 4.69) is 0 Å². The van der Waals surface area contributed by atoms with E-state index >= 15 is 0 Å². The fraction of sp³-hybridized carbons (Fsp3) is 0.333. The molecule has 0 bridgehead atoms. The maximum absolute atomic E-state index is 10.5. The molecule has 4 heteroatoms. The first kappa shape index (κ1) is 17.8.